The number of fused-ring (bicyclic) bond motifs is 1. The van der Waals surface area contributed by atoms with Crippen LogP contribution in [-0.2, 0) is 0 Å². The van der Waals surface area contributed by atoms with Crippen molar-refractivity contribution in [1.29, 1.82) is 0 Å². The maximum atomic E-state index is 14.0. The molecule has 1 aliphatic rings. The Bertz CT molecular complexity index is 390. The molecule has 1 aromatic carbocycles. The summed E-state index contributed by atoms with van der Waals surface area (Å²) in [4.78, 5) is 2.30. The van der Waals surface area contributed by atoms with Crippen molar-refractivity contribution in [2.45, 2.75) is 32.2 Å². The Morgan fingerprint density at radius 2 is 2.24 bits per heavy atom. The first kappa shape index (κ1) is 12.4. The average molecular weight is 236 g/mol. The van der Waals surface area contributed by atoms with Crippen molar-refractivity contribution in [3.05, 3.63) is 29.6 Å². The fourth-order valence-corrected chi connectivity index (χ4v) is 2.65. The zero-order valence-corrected chi connectivity index (χ0v) is 10.8. The van der Waals surface area contributed by atoms with Crippen LogP contribution in [-0.4, -0.2) is 26.2 Å². The summed E-state index contributed by atoms with van der Waals surface area (Å²) >= 11 is 0. The van der Waals surface area contributed by atoms with Crippen molar-refractivity contribution in [2.24, 2.45) is 0 Å². The molecular formula is C14H21FN2. The van der Waals surface area contributed by atoms with E-state index in [-0.39, 0.29) is 5.82 Å². The lowest BCUT2D eigenvalue weighted by atomic mass is 9.97. The first-order chi connectivity index (χ1) is 8.15. The first-order valence-corrected chi connectivity index (χ1v) is 6.34. The summed E-state index contributed by atoms with van der Waals surface area (Å²) in [7, 11) is 1.94. The molecule has 1 aliphatic heterocycles. The molecule has 1 heterocycles. The Morgan fingerprint density at radius 3 is 2.88 bits per heavy atom. The van der Waals surface area contributed by atoms with E-state index in [0.717, 1.165) is 30.8 Å². The zero-order chi connectivity index (χ0) is 12.4. The number of hydrogen-bond acceptors (Lipinski definition) is 2. The molecule has 1 aromatic rings. The van der Waals surface area contributed by atoms with Gasteiger partial charge >= 0.3 is 0 Å². The van der Waals surface area contributed by atoms with Crippen LogP contribution in [0.3, 0.4) is 0 Å². The number of nitrogens with zero attached hydrogens (tertiary/aromatic N) is 1. The SMILES string of the molecule is CNCCC1CN(C(C)C)c2cccc(F)c21. The van der Waals surface area contributed by atoms with Gasteiger partial charge in [0.25, 0.3) is 0 Å². The number of benzene rings is 1. The Balaban J connectivity index is 2.31. The molecule has 0 aromatic heterocycles. The van der Waals surface area contributed by atoms with Crippen LogP contribution in [0.4, 0.5) is 10.1 Å². The van der Waals surface area contributed by atoms with Crippen molar-refractivity contribution >= 4 is 5.69 Å². The summed E-state index contributed by atoms with van der Waals surface area (Å²) in [6.07, 6.45) is 0.994. The molecule has 0 fully saturated rings. The molecule has 1 unspecified atom stereocenters. The Hall–Kier alpha value is -1.09. The quantitative estimate of drug-likeness (QED) is 0.864. The summed E-state index contributed by atoms with van der Waals surface area (Å²) in [5.74, 6) is 0.271. The molecule has 0 aliphatic carbocycles. The third kappa shape index (κ3) is 2.29. The van der Waals surface area contributed by atoms with Crippen LogP contribution in [0.15, 0.2) is 18.2 Å². The highest BCUT2D eigenvalue weighted by Gasteiger charge is 2.31. The molecule has 17 heavy (non-hydrogen) atoms. The monoisotopic (exact) mass is 236 g/mol. The maximum Gasteiger partial charge on any atom is 0.128 e. The Morgan fingerprint density at radius 1 is 1.47 bits per heavy atom. The second-order valence-corrected chi connectivity index (χ2v) is 5.01. The minimum atomic E-state index is -0.0493. The second kappa shape index (κ2) is 5.05. The van der Waals surface area contributed by atoms with Gasteiger partial charge < -0.3 is 10.2 Å². The predicted octanol–water partition coefficient (Wildman–Crippen LogP) is 2.75. The van der Waals surface area contributed by atoms with Gasteiger partial charge in [0.15, 0.2) is 0 Å². The fourth-order valence-electron chi connectivity index (χ4n) is 2.65. The molecular weight excluding hydrogens is 215 g/mol. The van der Waals surface area contributed by atoms with Gasteiger partial charge in [0, 0.05) is 29.8 Å². The summed E-state index contributed by atoms with van der Waals surface area (Å²) in [6, 6.07) is 5.85. The minimum Gasteiger partial charge on any atom is -0.368 e. The van der Waals surface area contributed by atoms with Crippen LogP contribution < -0.4 is 10.2 Å². The third-order valence-electron chi connectivity index (χ3n) is 3.53. The van der Waals surface area contributed by atoms with Gasteiger partial charge in [0.2, 0.25) is 0 Å². The molecule has 1 N–H and O–H groups in total. The standard InChI is InChI=1S/C14H21FN2/c1-10(2)17-9-11(7-8-16-3)14-12(15)5-4-6-13(14)17/h4-6,10-11,16H,7-9H2,1-3H3. The van der Waals surface area contributed by atoms with Crippen molar-refractivity contribution in [3.8, 4) is 0 Å². The van der Waals surface area contributed by atoms with Gasteiger partial charge in [-0.05, 0) is 46.0 Å². The minimum absolute atomic E-state index is 0.0493. The smallest absolute Gasteiger partial charge is 0.128 e. The molecule has 0 radical (unpaired) electrons. The number of halogens is 1. The average Bonchev–Trinajstić information content (AvgIpc) is 2.67. The molecule has 3 heteroatoms. The molecule has 0 amide bonds. The van der Waals surface area contributed by atoms with Crippen molar-refractivity contribution in [3.63, 3.8) is 0 Å². The summed E-state index contributed by atoms with van der Waals surface area (Å²) in [5, 5.41) is 3.15. The zero-order valence-electron chi connectivity index (χ0n) is 10.8. The van der Waals surface area contributed by atoms with E-state index in [1.807, 2.05) is 19.2 Å². The maximum absolute atomic E-state index is 14.0. The van der Waals surface area contributed by atoms with Crippen molar-refractivity contribution in [1.82, 2.24) is 5.32 Å². The third-order valence-corrected chi connectivity index (χ3v) is 3.53. The fraction of sp³-hybridized carbons (Fsp3) is 0.571. The highest BCUT2D eigenvalue weighted by molar-refractivity contribution is 5.61. The summed E-state index contributed by atoms with van der Waals surface area (Å²) in [6.45, 7) is 6.20. The summed E-state index contributed by atoms with van der Waals surface area (Å²) < 4.78 is 14.0. The van der Waals surface area contributed by atoms with E-state index in [4.69, 9.17) is 0 Å². The van der Waals surface area contributed by atoms with Crippen LogP contribution >= 0.6 is 0 Å². The van der Waals surface area contributed by atoms with Crippen LogP contribution in [0.25, 0.3) is 0 Å². The van der Waals surface area contributed by atoms with Gasteiger partial charge in [-0.3, -0.25) is 0 Å². The van der Waals surface area contributed by atoms with E-state index in [0.29, 0.717) is 12.0 Å². The molecule has 0 saturated heterocycles. The van der Waals surface area contributed by atoms with Crippen molar-refractivity contribution in [2.75, 3.05) is 25.0 Å². The highest BCUT2D eigenvalue weighted by Crippen LogP contribution is 2.40. The molecule has 0 spiro atoms. The van der Waals surface area contributed by atoms with E-state index in [1.54, 1.807) is 6.07 Å². The van der Waals surface area contributed by atoms with Gasteiger partial charge in [0.05, 0.1) is 0 Å². The normalized spacial score (nSPS) is 18.9. The highest BCUT2D eigenvalue weighted by atomic mass is 19.1. The number of hydrogen-bond donors (Lipinski definition) is 1. The van der Waals surface area contributed by atoms with Gasteiger partial charge in [-0.1, -0.05) is 6.07 Å². The topological polar surface area (TPSA) is 15.3 Å². The number of anilines is 1. The predicted molar refractivity (Wildman–Crippen MR) is 70.2 cm³/mol. The lowest BCUT2D eigenvalue weighted by Crippen LogP contribution is -2.29. The van der Waals surface area contributed by atoms with Gasteiger partial charge in [-0.25, -0.2) is 4.39 Å². The molecule has 2 rings (SSSR count). The molecule has 2 nitrogen and oxygen atoms in total. The summed E-state index contributed by atoms with van der Waals surface area (Å²) in [5.41, 5.74) is 2.00. The first-order valence-electron chi connectivity index (χ1n) is 6.34. The van der Waals surface area contributed by atoms with E-state index in [1.165, 1.54) is 0 Å². The number of nitrogens with one attached hydrogen (secondary N) is 1. The Labute approximate surface area is 103 Å². The van der Waals surface area contributed by atoms with E-state index >= 15 is 0 Å². The van der Waals surface area contributed by atoms with E-state index < -0.39 is 0 Å². The molecule has 0 bridgehead atoms. The molecule has 0 saturated carbocycles. The largest absolute Gasteiger partial charge is 0.368 e. The van der Waals surface area contributed by atoms with E-state index in [9.17, 15) is 4.39 Å². The van der Waals surface area contributed by atoms with E-state index in [2.05, 4.69) is 24.1 Å². The van der Waals surface area contributed by atoms with Gasteiger partial charge in [-0.15, -0.1) is 0 Å². The molecule has 94 valence electrons. The second-order valence-electron chi connectivity index (χ2n) is 5.01. The van der Waals surface area contributed by atoms with Crippen LogP contribution in [0.1, 0.15) is 31.7 Å². The van der Waals surface area contributed by atoms with Crippen LogP contribution in [0, 0.1) is 5.82 Å². The van der Waals surface area contributed by atoms with Gasteiger partial charge in [0.1, 0.15) is 5.82 Å². The Kier molecular flexibility index (Phi) is 3.67. The van der Waals surface area contributed by atoms with Gasteiger partial charge in [-0.2, -0.15) is 0 Å². The molecule has 1 atom stereocenters. The van der Waals surface area contributed by atoms with Crippen LogP contribution in [0.5, 0.6) is 0 Å². The lowest BCUT2D eigenvalue weighted by Gasteiger charge is -2.24. The van der Waals surface area contributed by atoms with Crippen molar-refractivity contribution < 1.29 is 4.39 Å². The number of rotatable bonds is 4. The lowest BCUT2D eigenvalue weighted by molar-refractivity contribution is 0.554. The van der Waals surface area contributed by atoms with Crippen LogP contribution in [0.2, 0.25) is 0 Å².